The molecule has 0 saturated heterocycles. The molecule has 0 bridgehead atoms. The van der Waals surface area contributed by atoms with Gasteiger partial charge in [-0.15, -0.1) is 0 Å². The molecule has 0 aromatic carbocycles. The number of carbonyl (C=O) groups is 4. The Hall–Kier alpha value is -2.94. The zero-order valence-corrected chi connectivity index (χ0v) is 49.4. The van der Waals surface area contributed by atoms with E-state index in [0.29, 0.717) is 25.8 Å². The van der Waals surface area contributed by atoms with Gasteiger partial charge in [-0.1, -0.05) is 225 Å². The van der Waals surface area contributed by atoms with Gasteiger partial charge in [0.05, 0.1) is 0 Å². The van der Waals surface area contributed by atoms with Crippen molar-refractivity contribution in [2.24, 2.45) is 0 Å². The number of rotatable bonds is 57. The van der Waals surface area contributed by atoms with E-state index in [1.165, 1.54) is 135 Å². The van der Waals surface area contributed by atoms with Crippen molar-refractivity contribution in [2.45, 2.75) is 316 Å². The smallest absolute Gasteiger partial charge is 0.305 e. The van der Waals surface area contributed by atoms with Crippen molar-refractivity contribution in [3.05, 3.63) is 36.5 Å². The van der Waals surface area contributed by atoms with Crippen LogP contribution in [0.5, 0.6) is 0 Å². The fourth-order valence-corrected chi connectivity index (χ4v) is 9.28. The summed E-state index contributed by atoms with van der Waals surface area (Å²) in [4.78, 5) is 55.5. The molecule has 0 atom stereocenters. The largest absolute Gasteiger partial charge is 0.463 e. The lowest BCUT2D eigenvalue weighted by Gasteiger charge is -2.33. The highest BCUT2D eigenvalue weighted by atomic mass is 16.6. The van der Waals surface area contributed by atoms with Gasteiger partial charge in [0.25, 0.3) is 0 Å². The minimum Gasteiger partial charge on any atom is -0.463 e. The molecule has 0 aliphatic rings. The lowest BCUT2D eigenvalue weighted by molar-refractivity contribution is -0.159. The average molecular weight is 1040 g/mol. The molecule has 432 valence electrons. The van der Waals surface area contributed by atoms with Gasteiger partial charge >= 0.3 is 17.9 Å². The first-order valence-electron chi connectivity index (χ1n) is 31.7. The van der Waals surface area contributed by atoms with Crippen LogP contribution in [0.4, 0.5) is 0 Å². The molecule has 0 aromatic rings. The number of allylic oxidation sites excluding steroid dienone is 6. The summed E-state index contributed by atoms with van der Waals surface area (Å²) in [6.45, 7) is 12.3. The number of nitrogens with one attached hydrogen (secondary N) is 1. The molecule has 0 aromatic heterocycles. The van der Waals surface area contributed by atoms with Crippen LogP contribution >= 0.6 is 0 Å². The Kier molecular flexibility index (Phi) is 54.0. The number of esters is 3. The third-order valence-electron chi connectivity index (χ3n) is 14.4. The average Bonchev–Trinajstić information content (AvgIpc) is 3.40. The van der Waals surface area contributed by atoms with Gasteiger partial charge in [0.1, 0.15) is 25.4 Å². The summed E-state index contributed by atoms with van der Waals surface area (Å²) < 4.78 is 17.6. The summed E-state index contributed by atoms with van der Waals surface area (Å²) in [6, 6.07) is 0. The highest BCUT2D eigenvalue weighted by Gasteiger charge is 2.37. The monoisotopic (exact) mass is 1040 g/mol. The van der Waals surface area contributed by atoms with Crippen molar-refractivity contribution in [2.75, 3.05) is 39.5 Å². The molecule has 9 nitrogen and oxygen atoms in total. The van der Waals surface area contributed by atoms with Crippen LogP contribution in [0.1, 0.15) is 311 Å². The first-order chi connectivity index (χ1) is 36.2. The van der Waals surface area contributed by atoms with Gasteiger partial charge in [-0.25, -0.2) is 0 Å². The Balaban J connectivity index is 5.32. The van der Waals surface area contributed by atoms with E-state index in [4.69, 9.17) is 14.2 Å². The van der Waals surface area contributed by atoms with Crippen molar-refractivity contribution < 1.29 is 33.4 Å². The maximum absolute atomic E-state index is 13.6. The molecule has 74 heavy (non-hydrogen) atoms. The second-order valence-corrected chi connectivity index (χ2v) is 21.6. The van der Waals surface area contributed by atoms with Crippen LogP contribution in [-0.4, -0.2) is 73.7 Å². The molecule has 0 rings (SSSR count). The molecule has 0 radical (unpaired) electrons. The highest BCUT2D eigenvalue weighted by molar-refractivity contribution is 5.77. The summed E-state index contributed by atoms with van der Waals surface area (Å²) in [5.41, 5.74) is -1.41. The summed E-state index contributed by atoms with van der Waals surface area (Å²) in [7, 11) is 0. The van der Waals surface area contributed by atoms with E-state index in [2.05, 4.69) is 81.3 Å². The number of hydrogen-bond donors (Lipinski definition) is 1. The summed E-state index contributed by atoms with van der Waals surface area (Å²) in [5, 5.41) is 3.05. The van der Waals surface area contributed by atoms with Gasteiger partial charge in [-0.05, 0) is 109 Å². The Morgan fingerprint density at radius 2 is 0.581 bits per heavy atom. The van der Waals surface area contributed by atoms with Crippen LogP contribution in [0.2, 0.25) is 0 Å². The molecular formula is C65H120N2O7. The van der Waals surface area contributed by atoms with Crippen molar-refractivity contribution in [1.82, 2.24) is 10.2 Å². The van der Waals surface area contributed by atoms with Gasteiger partial charge in [-0.3, -0.25) is 19.2 Å². The van der Waals surface area contributed by atoms with Crippen LogP contribution in [0.25, 0.3) is 0 Å². The Morgan fingerprint density at radius 1 is 0.338 bits per heavy atom. The number of amides is 1. The molecule has 0 saturated carbocycles. The molecule has 0 heterocycles. The van der Waals surface area contributed by atoms with Crippen LogP contribution in [0, 0.1) is 0 Å². The zero-order valence-electron chi connectivity index (χ0n) is 49.4. The second kappa shape index (κ2) is 56.3. The highest BCUT2D eigenvalue weighted by Crippen LogP contribution is 2.17. The minimum absolute atomic E-state index is 0.206. The lowest BCUT2D eigenvalue weighted by Crippen LogP contribution is -2.59. The first kappa shape index (κ1) is 71.1. The number of carbonyl (C=O) groups excluding carboxylic acids is 4. The van der Waals surface area contributed by atoms with Crippen LogP contribution in [0.3, 0.4) is 0 Å². The van der Waals surface area contributed by atoms with Crippen LogP contribution < -0.4 is 5.32 Å². The summed E-state index contributed by atoms with van der Waals surface area (Å²) in [6.07, 6.45) is 60.7. The number of unbranched alkanes of at least 4 members (excludes halogenated alkanes) is 33. The van der Waals surface area contributed by atoms with E-state index in [1.54, 1.807) is 0 Å². The predicted molar refractivity (Wildman–Crippen MR) is 315 cm³/mol. The fourth-order valence-electron chi connectivity index (χ4n) is 9.28. The molecule has 0 fully saturated rings. The Morgan fingerprint density at radius 3 is 0.838 bits per heavy atom. The van der Waals surface area contributed by atoms with E-state index >= 15 is 0 Å². The van der Waals surface area contributed by atoms with Gasteiger partial charge in [-0.2, -0.15) is 0 Å². The summed E-state index contributed by atoms with van der Waals surface area (Å²) >= 11 is 0. The second-order valence-electron chi connectivity index (χ2n) is 21.6. The quantitative estimate of drug-likeness (QED) is 0.0278. The molecule has 0 spiro atoms. The molecule has 0 unspecified atom stereocenters. The van der Waals surface area contributed by atoms with Gasteiger partial charge in [0.2, 0.25) is 5.91 Å². The normalized spacial score (nSPS) is 12.0. The molecule has 0 aliphatic heterocycles. The van der Waals surface area contributed by atoms with Gasteiger partial charge in [0.15, 0.2) is 0 Å². The van der Waals surface area contributed by atoms with Gasteiger partial charge in [0, 0.05) is 32.2 Å². The minimum atomic E-state index is -1.41. The molecular weight excluding hydrogens is 921 g/mol. The predicted octanol–water partition coefficient (Wildman–Crippen LogP) is 18.3. The number of ether oxygens (including phenoxy) is 3. The topological polar surface area (TPSA) is 111 Å². The van der Waals surface area contributed by atoms with Gasteiger partial charge < -0.3 is 24.4 Å². The van der Waals surface area contributed by atoms with E-state index in [9.17, 15) is 19.2 Å². The molecule has 0 aliphatic carbocycles. The van der Waals surface area contributed by atoms with Crippen molar-refractivity contribution in [3.63, 3.8) is 0 Å². The van der Waals surface area contributed by atoms with Crippen molar-refractivity contribution >= 4 is 23.8 Å². The number of nitrogens with zero attached hydrogens (tertiary/aromatic N) is 1. The first-order valence-corrected chi connectivity index (χ1v) is 31.7. The summed E-state index contributed by atoms with van der Waals surface area (Å²) in [5.74, 6) is -1.39. The Labute approximate surface area is 457 Å². The van der Waals surface area contributed by atoms with Crippen LogP contribution in [0.15, 0.2) is 36.5 Å². The van der Waals surface area contributed by atoms with Crippen molar-refractivity contribution in [1.29, 1.82) is 0 Å². The molecule has 1 N–H and O–H groups in total. The van der Waals surface area contributed by atoms with E-state index in [1.807, 2.05) is 0 Å². The molecule has 9 heteroatoms. The fraction of sp³-hybridized carbons (Fsp3) is 0.846. The van der Waals surface area contributed by atoms with Crippen molar-refractivity contribution in [3.8, 4) is 0 Å². The maximum atomic E-state index is 13.6. The third-order valence-corrected chi connectivity index (χ3v) is 14.4. The van der Waals surface area contributed by atoms with E-state index < -0.39 is 5.54 Å². The SMILES string of the molecule is CCCCCCCC/C=C\CCCCCCCC(=O)OCC(COC(=O)CCCCCCC/C=C\CCCCCCCC)(COC(=O)CCCCCCC/C=C\CCCCCCCC)NC(=O)CCN(CC)CC. The van der Waals surface area contributed by atoms with E-state index in [-0.39, 0.29) is 69.3 Å². The van der Waals surface area contributed by atoms with E-state index in [0.717, 1.165) is 109 Å². The lowest BCUT2D eigenvalue weighted by atomic mass is 10.0. The molecule has 1 amide bonds. The van der Waals surface area contributed by atoms with Crippen LogP contribution in [-0.2, 0) is 33.4 Å². The third kappa shape index (κ3) is 49.9. The maximum Gasteiger partial charge on any atom is 0.305 e. The standard InChI is InChI=1S/C65H120N2O7/c1-6-11-14-17-20-23-26-29-32-35-38-41-44-47-50-53-62(69)72-58-65(66-61(68)56-57-67(9-4)10-5,59-73-63(70)54-51-48-45-42-39-36-33-30-27-24-21-18-15-12-7-2)60-74-64(71)55-52-49-46-43-40-37-34-31-28-25-22-19-16-13-8-3/h29-34H,6-28,35-60H2,1-5H3,(H,66,68)/b32-29-,33-30-,34-31-. The Bertz CT molecular complexity index is 1220. The zero-order chi connectivity index (χ0) is 54.1. The number of hydrogen-bond acceptors (Lipinski definition) is 8.